The molecular formula is C21H31FO2. The van der Waals surface area contributed by atoms with Crippen molar-refractivity contribution in [2.75, 3.05) is 0 Å². The topological polar surface area (TPSA) is 26.3 Å². The molecular weight excluding hydrogens is 303 g/mol. The maximum atomic E-state index is 14.0. The van der Waals surface area contributed by atoms with E-state index in [0.29, 0.717) is 5.56 Å². The van der Waals surface area contributed by atoms with E-state index in [9.17, 15) is 9.18 Å². The van der Waals surface area contributed by atoms with Crippen LogP contribution in [0.4, 0.5) is 4.39 Å². The Labute approximate surface area is 151 Å². The van der Waals surface area contributed by atoms with E-state index in [1.807, 2.05) is 20.8 Å². The summed E-state index contributed by atoms with van der Waals surface area (Å²) in [6.45, 7) is 13.9. The van der Waals surface area contributed by atoms with Gasteiger partial charge in [-0.15, -0.1) is 0 Å². The van der Waals surface area contributed by atoms with E-state index in [2.05, 4.69) is 0 Å². The molecule has 2 nitrogen and oxygen atoms in total. The molecule has 0 fully saturated rings. The van der Waals surface area contributed by atoms with E-state index < -0.39 is 46.4 Å². The molecule has 0 unspecified atom stereocenters. The van der Waals surface area contributed by atoms with Crippen molar-refractivity contribution in [2.45, 2.75) is 79.2 Å². The smallest absolute Gasteiger partial charge is 0.311 e. The Morgan fingerprint density at radius 1 is 1.21 bits per heavy atom. The van der Waals surface area contributed by atoms with E-state index in [1.54, 1.807) is 27.7 Å². The number of hydrogen-bond acceptors (Lipinski definition) is 2. The highest BCUT2D eigenvalue weighted by Gasteiger charge is 2.58. The van der Waals surface area contributed by atoms with Crippen LogP contribution in [0.15, 0.2) is 18.2 Å². The predicted molar refractivity (Wildman–Crippen MR) is 95.5 cm³/mol. The third kappa shape index (κ3) is 2.87. The van der Waals surface area contributed by atoms with Gasteiger partial charge in [-0.25, -0.2) is 4.39 Å². The molecule has 0 heterocycles. The van der Waals surface area contributed by atoms with Gasteiger partial charge >= 0.3 is 5.97 Å². The Bertz CT molecular complexity index is 808. The average Bonchev–Trinajstić information content (AvgIpc) is 2.50. The van der Waals surface area contributed by atoms with Crippen LogP contribution >= 0.6 is 0 Å². The molecule has 0 bridgehead atoms. The Kier molecular flexibility index (Phi) is 3.22. The van der Waals surface area contributed by atoms with Gasteiger partial charge < -0.3 is 4.74 Å². The molecule has 0 N–H and O–H groups in total. The first-order chi connectivity index (χ1) is 12.2. The summed E-state index contributed by atoms with van der Waals surface area (Å²) in [6.07, 6.45) is -5.19. The molecule has 2 rings (SSSR count). The van der Waals surface area contributed by atoms with E-state index in [1.165, 1.54) is 19.1 Å². The Morgan fingerprint density at radius 3 is 2.29 bits per heavy atom. The van der Waals surface area contributed by atoms with Crippen LogP contribution in [0, 0.1) is 16.6 Å². The zero-order valence-corrected chi connectivity index (χ0v) is 15.9. The quantitative estimate of drug-likeness (QED) is 0.639. The van der Waals surface area contributed by atoms with Gasteiger partial charge in [-0.2, -0.15) is 0 Å². The molecule has 134 valence electrons. The number of ether oxygens (including phenoxy) is 1. The van der Waals surface area contributed by atoms with Crippen molar-refractivity contribution in [3.8, 4) is 0 Å². The van der Waals surface area contributed by atoms with Crippen molar-refractivity contribution in [3.05, 3.63) is 35.1 Å². The summed E-state index contributed by atoms with van der Waals surface area (Å²) in [4.78, 5) is 12.8. The fourth-order valence-electron chi connectivity index (χ4n) is 3.21. The molecule has 1 aromatic carbocycles. The second kappa shape index (κ2) is 5.57. The number of carbonyl (C=O) groups excluding carboxylic acids is 1. The lowest BCUT2D eigenvalue weighted by Gasteiger charge is -2.57. The molecule has 2 atom stereocenters. The maximum Gasteiger partial charge on any atom is 0.311 e. The lowest BCUT2D eigenvalue weighted by Crippen LogP contribution is -2.60. The Morgan fingerprint density at radius 2 is 1.79 bits per heavy atom. The molecule has 1 aromatic rings. The van der Waals surface area contributed by atoms with E-state index in [0.717, 1.165) is 6.07 Å². The van der Waals surface area contributed by atoms with Crippen LogP contribution in [-0.4, -0.2) is 11.6 Å². The van der Waals surface area contributed by atoms with Crippen molar-refractivity contribution in [2.24, 2.45) is 10.8 Å². The first-order valence-corrected chi connectivity index (χ1v) is 8.29. The van der Waals surface area contributed by atoms with Crippen molar-refractivity contribution < 1.29 is 19.4 Å². The summed E-state index contributed by atoms with van der Waals surface area (Å²) >= 11 is 0. The van der Waals surface area contributed by atoms with E-state index in [4.69, 9.17) is 10.2 Å². The van der Waals surface area contributed by atoms with Crippen LogP contribution < -0.4 is 0 Å². The number of aryl methyl sites for hydroxylation is 1. The highest BCUT2D eigenvalue weighted by Crippen LogP contribution is 2.56. The minimum Gasteiger partial charge on any atom is -0.458 e. The predicted octanol–water partition coefficient (Wildman–Crippen LogP) is 5.42. The molecule has 1 aliphatic carbocycles. The molecule has 1 aliphatic rings. The third-order valence-electron chi connectivity index (χ3n) is 5.32. The number of fused-ring (bicyclic) bond motifs is 1. The van der Waals surface area contributed by atoms with Crippen molar-refractivity contribution >= 4 is 5.97 Å². The summed E-state index contributed by atoms with van der Waals surface area (Å²) in [7, 11) is 0. The monoisotopic (exact) mass is 338 g/mol. The van der Waals surface area contributed by atoms with Crippen molar-refractivity contribution in [3.63, 3.8) is 0 Å². The molecule has 0 aromatic heterocycles. The minimum absolute atomic E-state index is 0.0424. The summed E-state index contributed by atoms with van der Waals surface area (Å²) < 4.78 is 54.7. The first-order valence-electron chi connectivity index (χ1n) is 10.3. The van der Waals surface area contributed by atoms with Crippen molar-refractivity contribution in [1.29, 1.82) is 0 Å². The van der Waals surface area contributed by atoms with Crippen molar-refractivity contribution in [1.82, 2.24) is 0 Å². The fraction of sp³-hybridized carbons (Fsp3) is 0.667. The summed E-state index contributed by atoms with van der Waals surface area (Å²) in [6, 6.07) is 3.79. The summed E-state index contributed by atoms with van der Waals surface area (Å²) in [5, 5.41) is 0. The second-order valence-electron chi connectivity index (χ2n) is 8.99. The summed E-state index contributed by atoms with van der Waals surface area (Å²) in [5.41, 5.74) is -4.12. The van der Waals surface area contributed by atoms with Crippen LogP contribution in [0.5, 0.6) is 0 Å². The number of rotatable bonds is 1. The van der Waals surface area contributed by atoms with Crippen LogP contribution in [0.2, 0.25) is 0 Å². The normalized spacial score (nSPS) is 34.2. The van der Waals surface area contributed by atoms with E-state index in [-0.39, 0.29) is 5.56 Å². The molecule has 3 heteroatoms. The van der Waals surface area contributed by atoms with Crippen LogP contribution in [0.3, 0.4) is 0 Å². The number of esters is 1. The lowest BCUT2D eigenvalue weighted by atomic mass is 9.51. The van der Waals surface area contributed by atoms with Gasteiger partial charge in [0.2, 0.25) is 0 Å². The van der Waals surface area contributed by atoms with Gasteiger partial charge in [-0.05, 0) is 69.1 Å². The highest BCUT2D eigenvalue weighted by molar-refractivity contribution is 5.76. The number of benzene rings is 1. The van der Waals surface area contributed by atoms with Gasteiger partial charge in [0.1, 0.15) is 11.4 Å². The van der Waals surface area contributed by atoms with Gasteiger partial charge in [0.15, 0.2) is 0 Å². The van der Waals surface area contributed by atoms with Gasteiger partial charge in [0.25, 0.3) is 0 Å². The molecule has 0 saturated heterocycles. The standard InChI is InChI=1S/C21H31FO2/c1-18(2,3)17(23)24-20(7)12-11-14-13-15(22)9-10-16(14)21(20,8)19(4,5)6/h9-10,13H,11-12H2,1-8H3/t20-,21-/m1/s1/i11D2,12D2. The Balaban J connectivity index is 2.97. The maximum absolute atomic E-state index is 14.0. The molecule has 24 heavy (non-hydrogen) atoms. The number of carbonyl (C=O) groups is 1. The van der Waals surface area contributed by atoms with Gasteiger partial charge in [0.05, 0.1) is 5.41 Å². The average molecular weight is 338 g/mol. The lowest BCUT2D eigenvalue weighted by molar-refractivity contribution is -0.184. The second-order valence-corrected chi connectivity index (χ2v) is 8.99. The molecule has 0 aliphatic heterocycles. The highest BCUT2D eigenvalue weighted by atomic mass is 19.1. The SMILES string of the molecule is [2H]C1([2H])c2cc(F)ccc2[C@](C)(C(C)(C)C)[C@](C)(OC(=O)C(C)(C)C)C1([2H])[2H]. The van der Waals surface area contributed by atoms with Crippen LogP contribution in [-0.2, 0) is 21.3 Å². The zero-order valence-electron chi connectivity index (χ0n) is 19.9. The zero-order chi connectivity index (χ0) is 22.1. The summed E-state index contributed by atoms with van der Waals surface area (Å²) in [5.74, 6) is -1.25. The first kappa shape index (κ1) is 13.9. The molecule has 0 saturated carbocycles. The number of halogens is 1. The van der Waals surface area contributed by atoms with Crippen LogP contribution in [0.1, 0.15) is 78.4 Å². The largest absolute Gasteiger partial charge is 0.458 e. The Hall–Kier alpha value is -1.38. The van der Waals surface area contributed by atoms with Gasteiger partial charge in [-0.3, -0.25) is 4.79 Å². The van der Waals surface area contributed by atoms with Crippen LogP contribution in [0.25, 0.3) is 0 Å². The molecule has 0 amide bonds. The number of hydrogen-bond donors (Lipinski definition) is 0. The molecule has 0 radical (unpaired) electrons. The van der Waals surface area contributed by atoms with Gasteiger partial charge in [-0.1, -0.05) is 33.8 Å². The minimum atomic E-state index is -2.62. The fourth-order valence-corrected chi connectivity index (χ4v) is 3.21. The third-order valence-corrected chi connectivity index (χ3v) is 5.32. The van der Waals surface area contributed by atoms with E-state index >= 15 is 0 Å². The van der Waals surface area contributed by atoms with Gasteiger partial charge in [0, 0.05) is 10.9 Å². The molecule has 0 spiro atoms.